The van der Waals surface area contributed by atoms with Crippen LogP contribution in [0.5, 0.6) is 5.75 Å². The lowest BCUT2D eigenvalue weighted by Gasteiger charge is -2.25. The van der Waals surface area contributed by atoms with E-state index >= 15 is 0 Å². The molecule has 0 saturated carbocycles. The van der Waals surface area contributed by atoms with Crippen LogP contribution in [0.1, 0.15) is 31.2 Å². The Morgan fingerprint density at radius 2 is 1.32 bits per heavy atom. The molecule has 38 heavy (non-hydrogen) atoms. The first kappa shape index (κ1) is 33.1. The topological polar surface area (TPSA) is 208 Å². The van der Waals surface area contributed by atoms with Crippen molar-refractivity contribution < 1.29 is 39.3 Å². The highest BCUT2D eigenvalue weighted by molar-refractivity contribution is 7.98. The average molecular weight is 573 g/mol. The second-order valence-electron chi connectivity index (χ2n) is 8.49. The zero-order valence-corrected chi connectivity index (χ0v) is 23.0. The van der Waals surface area contributed by atoms with Crippen LogP contribution in [0.3, 0.4) is 0 Å². The molecule has 0 radical (unpaired) electrons. The number of amides is 3. The third-order valence-electron chi connectivity index (χ3n) is 5.48. The van der Waals surface area contributed by atoms with E-state index in [-0.39, 0.29) is 25.0 Å². The lowest BCUT2D eigenvalue weighted by atomic mass is 10.0. The van der Waals surface area contributed by atoms with Crippen molar-refractivity contribution in [3.63, 3.8) is 0 Å². The molecular weight excluding hydrogens is 536 g/mol. The largest absolute Gasteiger partial charge is 0.508 e. The van der Waals surface area contributed by atoms with Crippen molar-refractivity contribution in [2.45, 2.75) is 56.3 Å². The molecule has 0 aliphatic heterocycles. The van der Waals surface area contributed by atoms with Crippen LogP contribution in [0.2, 0.25) is 0 Å². The van der Waals surface area contributed by atoms with Crippen molar-refractivity contribution in [2.24, 2.45) is 5.73 Å². The van der Waals surface area contributed by atoms with Crippen LogP contribution in [-0.4, -0.2) is 93.2 Å². The van der Waals surface area contributed by atoms with Crippen molar-refractivity contribution in [1.29, 1.82) is 0 Å². The smallest absolute Gasteiger partial charge is 0.326 e. The highest BCUT2D eigenvalue weighted by Crippen LogP contribution is 2.13. The standard InChI is InChI=1S/C24H36N4O8S2/c1-37-11-9-16(25)21(32)26-17(7-8-20(30)31)22(33)28-19(13-14-3-5-15(29)6-4-14)23(34)27-18(24(35)36)10-12-38-2/h3-6,16-19,29H,7-13,25H2,1-2H3,(H,26,32)(H,27,34)(H,28,33)(H,30,31)(H,35,36). The van der Waals surface area contributed by atoms with Crippen molar-refractivity contribution in [2.75, 3.05) is 24.0 Å². The number of aliphatic carboxylic acids is 2. The molecule has 3 amide bonds. The maximum Gasteiger partial charge on any atom is 0.326 e. The molecule has 4 unspecified atom stereocenters. The minimum absolute atomic E-state index is 0.00365. The summed E-state index contributed by atoms with van der Waals surface area (Å²) in [5.74, 6) is -3.54. The number of carboxylic acids is 2. The fourth-order valence-electron chi connectivity index (χ4n) is 3.31. The number of hydrogen-bond donors (Lipinski definition) is 7. The second-order valence-corrected chi connectivity index (χ2v) is 10.5. The fourth-order valence-corrected chi connectivity index (χ4v) is 4.27. The number of thioether (sulfide) groups is 2. The molecule has 0 spiro atoms. The Hall–Kier alpha value is -2.97. The Balaban J connectivity index is 3.14. The Bertz CT molecular complexity index is 948. The zero-order chi connectivity index (χ0) is 28.7. The number of carboxylic acid groups (broad SMARTS) is 2. The normalized spacial score (nSPS) is 14.0. The van der Waals surface area contributed by atoms with Gasteiger partial charge in [0, 0.05) is 12.8 Å². The summed E-state index contributed by atoms with van der Waals surface area (Å²) in [5.41, 5.74) is 6.44. The molecule has 1 aromatic rings. The molecule has 0 aliphatic rings. The van der Waals surface area contributed by atoms with E-state index in [1.54, 1.807) is 18.4 Å². The molecule has 0 aromatic heterocycles. The Labute approximate surface area is 229 Å². The maximum absolute atomic E-state index is 13.2. The predicted molar refractivity (Wildman–Crippen MR) is 146 cm³/mol. The van der Waals surface area contributed by atoms with Crippen molar-refractivity contribution in [3.05, 3.63) is 29.8 Å². The summed E-state index contributed by atoms with van der Waals surface area (Å²) < 4.78 is 0. The quantitative estimate of drug-likeness (QED) is 0.126. The first-order chi connectivity index (χ1) is 18.0. The number of benzene rings is 1. The highest BCUT2D eigenvalue weighted by atomic mass is 32.2. The summed E-state index contributed by atoms with van der Waals surface area (Å²) in [5, 5.41) is 35.6. The molecule has 1 aromatic carbocycles. The minimum atomic E-state index is -1.29. The zero-order valence-electron chi connectivity index (χ0n) is 21.3. The average Bonchev–Trinajstić information content (AvgIpc) is 2.87. The molecule has 1 rings (SSSR count). The second kappa shape index (κ2) is 17.5. The first-order valence-electron chi connectivity index (χ1n) is 11.9. The number of carbonyl (C=O) groups excluding carboxylic acids is 3. The lowest BCUT2D eigenvalue weighted by Crippen LogP contribution is -2.57. The maximum atomic E-state index is 13.2. The summed E-state index contributed by atoms with van der Waals surface area (Å²) >= 11 is 2.91. The third-order valence-corrected chi connectivity index (χ3v) is 6.77. The van der Waals surface area contributed by atoms with Gasteiger partial charge in [0.15, 0.2) is 0 Å². The van der Waals surface area contributed by atoms with E-state index in [0.29, 0.717) is 23.5 Å². The Morgan fingerprint density at radius 3 is 1.87 bits per heavy atom. The number of aromatic hydroxyl groups is 1. The Morgan fingerprint density at radius 1 is 0.789 bits per heavy atom. The fraction of sp³-hybridized carbons (Fsp3) is 0.542. The van der Waals surface area contributed by atoms with Crippen LogP contribution in [-0.2, 0) is 30.4 Å². The van der Waals surface area contributed by atoms with Crippen LogP contribution in [0.4, 0.5) is 0 Å². The molecule has 0 fully saturated rings. The van der Waals surface area contributed by atoms with Crippen molar-refractivity contribution in [3.8, 4) is 5.75 Å². The first-order valence-corrected chi connectivity index (χ1v) is 14.6. The van der Waals surface area contributed by atoms with E-state index in [1.165, 1.54) is 35.7 Å². The summed E-state index contributed by atoms with van der Waals surface area (Å²) in [4.78, 5) is 61.6. The molecule has 0 heterocycles. The number of rotatable bonds is 18. The minimum Gasteiger partial charge on any atom is -0.508 e. The molecular formula is C24H36N4O8S2. The molecule has 14 heteroatoms. The summed E-state index contributed by atoms with van der Waals surface area (Å²) in [6.07, 6.45) is 3.42. The van der Waals surface area contributed by atoms with Gasteiger partial charge in [-0.3, -0.25) is 19.2 Å². The number of nitrogens with two attached hydrogens (primary N) is 1. The number of phenolic OH excluding ortho intramolecular Hbond substituents is 1. The summed E-state index contributed by atoms with van der Waals surface area (Å²) in [6.45, 7) is 0. The van der Waals surface area contributed by atoms with Gasteiger partial charge in [-0.15, -0.1) is 0 Å². The number of hydrogen-bond acceptors (Lipinski definition) is 9. The van der Waals surface area contributed by atoms with Crippen molar-refractivity contribution >= 4 is 53.2 Å². The van der Waals surface area contributed by atoms with Gasteiger partial charge >= 0.3 is 11.9 Å². The van der Waals surface area contributed by atoms with E-state index in [9.17, 15) is 34.2 Å². The lowest BCUT2D eigenvalue weighted by molar-refractivity contribution is -0.142. The van der Waals surface area contributed by atoms with Crippen LogP contribution in [0.25, 0.3) is 0 Å². The van der Waals surface area contributed by atoms with Gasteiger partial charge in [-0.2, -0.15) is 23.5 Å². The SMILES string of the molecule is CSCCC(N)C(=O)NC(CCC(=O)O)C(=O)NC(Cc1ccc(O)cc1)C(=O)NC(CCSC)C(=O)O. The highest BCUT2D eigenvalue weighted by Gasteiger charge is 2.30. The van der Waals surface area contributed by atoms with E-state index in [2.05, 4.69) is 16.0 Å². The molecule has 0 bridgehead atoms. The van der Waals surface area contributed by atoms with Crippen molar-refractivity contribution in [1.82, 2.24) is 16.0 Å². The van der Waals surface area contributed by atoms with E-state index < -0.39 is 60.2 Å². The van der Waals surface area contributed by atoms with Gasteiger partial charge in [-0.25, -0.2) is 4.79 Å². The van der Waals surface area contributed by atoms with Crippen LogP contribution in [0, 0.1) is 0 Å². The van der Waals surface area contributed by atoms with Crippen LogP contribution in [0.15, 0.2) is 24.3 Å². The van der Waals surface area contributed by atoms with E-state index in [0.717, 1.165) is 0 Å². The molecule has 0 aliphatic carbocycles. The van der Waals surface area contributed by atoms with Gasteiger partial charge in [0.1, 0.15) is 23.9 Å². The summed E-state index contributed by atoms with van der Waals surface area (Å²) in [6, 6.07) is 1.24. The molecule has 8 N–H and O–H groups in total. The number of carbonyl (C=O) groups is 5. The van der Waals surface area contributed by atoms with E-state index in [1.807, 2.05) is 6.26 Å². The van der Waals surface area contributed by atoms with Gasteiger partial charge in [-0.1, -0.05) is 12.1 Å². The van der Waals surface area contributed by atoms with E-state index in [4.69, 9.17) is 10.8 Å². The number of phenols is 1. The van der Waals surface area contributed by atoms with Gasteiger partial charge in [0.05, 0.1) is 6.04 Å². The Kier molecular flexibility index (Phi) is 15.2. The van der Waals surface area contributed by atoms with Crippen LogP contribution >= 0.6 is 23.5 Å². The van der Waals surface area contributed by atoms with Crippen LogP contribution < -0.4 is 21.7 Å². The molecule has 4 atom stereocenters. The molecule has 12 nitrogen and oxygen atoms in total. The van der Waals surface area contributed by atoms with Gasteiger partial charge in [-0.05, 0) is 61.0 Å². The molecule has 0 saturated heterocycles. The predicted octanol–water partition coefficient (Wildman–Crippen LogP) is 0.172. The summed E-state index contributed by atoms with van der Waals surface area (Å²) in [7, 11) is 0. The molecule has 212 valence electrons. The van der Waals surface area contributed by atoms with Gasteiger partial charge in [0.2, 0.25) is 17.7 Å². The third kappa shape index (κ3) is 12.5. The number of nitrogens with one attached hydrogen (secondary N) is 3. The monoisotopic (exact) mass is 572 g/mol. The van der Waals surface area contributed by atoms with Gasteiger partial charge in [0.25, 0.3) is 0 Å². The van der Waals surface area contributed by atoms with Gasteiger partial charge < -0.3 is 37.0 Å².